The highest BCUT2D eigenvalue weighted by Gasteiger charge is 2.08. The molecular weight excluding hydrogens is 178 g/mol. The van der Waals surface area contributed by atoms with Crippen LogP contribution in [0.5, 0.6) is 0 Å². The standard InChI is InChI=1S/C10H17N3O/c1-4-7(2)10-12-8(6-14-3)5-9(11)13-10/h5,7H,4,6H2,1-3H3,(H2,11,12,13). The molecule has 2 N–H and O–H groups in total. The molecule has 1 heterocycles. The number of aromatic nitrogens is 2. The van der Waals surface area contributed by atoms with E-state index in [9.17, 15) is 0 Å². The van der Waals surface area contributed by atoms with E-state index >= 15 is 0 Å². The van der Waals surface area contributed by atoms with Gasteiger partial charge in [-0.15, -0.1) is 0 Å². The van der Waals surface area contributed by atoms with Gasteiger partial charge in [-0.05, 0) is 6.42 Å². The normalized spacial score (nSPS) is 12.8. The molecule has 4 nitrogen and oxygen atoms in total. The summed E-state index contributed by atoms with van der Waals surface area (Å²) in [5.41, 5.74) is 6.52. The molecule has 0 aromatic carbocycles. The fourth-order valence-electron chi connectivity index (χ4n) is 1.16. The Morgan fingerprint density at radius 3 is 2.79 bits per heavy atom. The van der Waals surface area contributed by atoms with Gasteiger partial charge in [0.05, 0.1) is 12.3 Å². The fourth-order valence-corrected chi connectivity index (χ4v) is 1.16. The maximum Gasteiger partial charge on any atom is 0.133 e. The van der Waals surface area contributed by atoms with Crippen molar-refractivity contribution in [3.63, 3.8) is 0 Å². The van der Waals surface area contributed by atoms with Gasteiger partial charge in [-0.3, -0.25) is 0 Å². The highest BCUT2D eigenvalue weighted by atomic mass is 16.5. The van der Waals surface area contributed by atoms with Crippen molar-refractivity contribution >= 4 is 5.82 Å². The Kier molecular flexibility index (Phi) is 3.83. The zero-order chi connectivity index (χ0) is 10.6. The first-order valence-corrected chi connectivity index (χ1v) is 4.79. The van der Waals surface area contributed by atoms with Crippen LogP contribution in [0.4, 0.5) is 5.82 Å². The van der Waals surface area contributed by atoms with Crippen LogP contribution in [0.25, 0.3) is 0 Å². The average Bonchev–Trinajstić information content (AvgIpc) is 2.16. The van der Waals surface area contributed by atoms with Gasteiger partial charge in [-0.25, -0.2) is 9.97 Å². The molecule has 14 heavy (non-hydrogen) atoms. The van der Waals surface area contributed by atoms with Crippen molar-refractivity contribution in [1.29, 1.82) is 0 Å². The molecular formula is C10H17N3O. The van der Waals surface area contributed by atoms with Crippen molar-refractivity contribution in [3.05, 3.63) is 17.6 Å². The van der Waals surface area contributed by atoms with Crippen LogP contribution in [0.15, 0.2) is 6.07 Å². The van der Waals surface area contributed by atoms with Crippen LogP contribution in [-0.2, 0) is 11.3 Å². The Morgan fingerprint density at radius 1 is 1.50 bits per heavy atom. The largest absolute Gasteiger partial charge is 0.384 e. The Hall–Kier alpha value is -1.16. The Morgan fingerprint density at radius 2 is 2.21 bits per heavy atom. The second-order valence-electron chi connectivity index (χ2n) is 3.38. The highest BCUT2D eigenvalue weighted by molar-refractivity contribution is 5.30. The summed E-state index contributed by atoms with van der Waals surface area (Å²) in [5, 5.41) is 0. The number of nitrogen functional groups attached to an aromatic ring is 1. The minimum atomic E-state index is 0.342. The molecule has 0 saturated heterocycles. The first-order chi connectivity index (χ1) is 6.67. The molecule has 1 aromatic rings. The van der Waals surface area contributed by atoms with Gasteiger partial charge < -0.3 is 10.5 Å². The summed E-state index contributed by atoms with van der Waals surface area (Å²) in [6.07, 6.45) is 1.01. The molecule has 0 fully saturated rings. The Balaban J connectivity index is 2.94. The third-order valence-corrected chi connectivity index (χ3v) is 2.16. The predicted molar refractivity (Wildman–Crippen MR) is 55.9 cm³/mol. The smallest absolute Gasteiger partial charge is 0.133 e. The quantitative estimate of drug-likeness (QED) is 0.794. The van der Waals surface area contributed by atoms with Gasteiger partial charge in [0.25, 0.3) is 0 Å². The van der Waals surface area contributed by atoms with E-state index in [0.717, 1.165) is 17.9 Å². The van der Waals surface area contributed by atoms with E-state index in [1.807, 2.05) is 0 Å². The Bertz CT molecular complexity index is 301. The molecule has 1 unspecified atom stereocenters. The zero-order valence-corrected chi connectivity index (χ0v) is 8.95. The average molecular weight is 195 g/mol. The summed E-state index contributed by atoms with van der Waals surface area (Å²) in [7, 11) is 1.64. The molecule has 1 aromatic heterocycles. The lowest BCUT2D eigenvalue weighted by Crippen LogP contribution is -2.06. The van der Waals surface area contributed by atoms with Crippen LogP contribution in [0.2, 0.25) is 0 Å². The van der Waals surface area contributed by atoms with Crippen molar-refractivity contribution in [2.45, 2.75) is 32.8 Å². The van der Waals surface area contributed by atoms with Gasteiger partial charge in [-0.2, -0.15) is 0 Å². The lowest BCUT2D eigenvalue weighted by Gasteiger charge is -2.09. The van der Waals surface area contributed by atoms with E-state index in [4.69, 9.17) is 10.5 Å². The number of nitrogens with zero attached hydrogens (tertiary/aromatic N) is 2. The molecule has 78 valence electrons. The van der Waals surface area contributed by atoms with Crippen LogP contribution < -0.4 is 5.73 Å². The van der Waals surface area contributed by atoms with Crippen LogP contribution >= 0.6 is 0 Å². The number of rotatable bonds is 4. The molecule has 0 bridgehead atoms. The molecule has 0 aliphatic heterocycles. The van der Waals surface area contributed by atoms with Crippen LogP contribution in [-0.4, -0.2) is 17.1 Å². The number of hydrogen-bond donors (Lipinski definition) is 1. The van der Waals surface area contributed by atoms with Crippen molar-refractivity contribution in [3.8, 4) is 0 Å². The van der Waals surface area contributed by atoms with Crippen molar-refractivity contribution < 1.29 is 4.74 Å². The molecule has 4 heteroatoms. The summed E-state index contributed by atoms with van der Waals surface area (Å²) in [6.45, 7) is 4.68. The van der Waals surface area contributed by atoms with E-state index in [1.54, 1.807) is 13.2 Å². The minimum Gasteiger partial charge on any atom is -0.384 e. The van der Waals surface area contributed by atoms with E-state index in [1.165, 1.54) is 0 Å². The van der Waals surface area contributed by atoms with E-state index in [-0.39, 0.29) is 0 Å². The number of methoxy groups -OCH3 is 1. The molecule has 0 radical (unpaired) electrons. The lowest BCUT2D eigenvalue weighted by atomic mass is 10.1. The second-order valence-corrected chi connectivity index (χ2v) is 3.38. The topological polar surface area (TPSA) is 61.0 Å². The van der Waals surface area contributed by atoms with Crippen molar-refractivity contribution in [2.75, 3.05) is 12.8 Å². The second kappa shape index (κ2) is 4.91. The van der Waals surface area contributed by atoms with Gasteiger partial charge in [0.2, 0.25) is 0 Å². The van der Waals surface area contributed by atoms with Crippen molar-refractivity contribution in [1.82, 2.24) is 9.97 Å². The van der Waals surface area contributed by atoms with E-state index in [2.05, 4.69) is 23.8 Å². The first kappa shape index (κ1) is 10.9. The lowest BCUT2D eigenvalue weighted by molar-refractivity contribution is 0.181. The SMILES string of the molecule is CCC(C)c1nc(N)cc(COC)n1. The highest BCUT2D eigenvalue weighted by Crippen LogP contribution is 2.16. The van der Waals surface area contributed by atoms with Crippen molar-refractivity contribution in [2.24, 2.45) is 0 Å². The summed E-state index contributed by atoms with van der Waals surface area (Å²) in [6, 6.07) is 1.75. The van der Waals surface area contributed by atoms with Gasteiger partial charge in [0, 0.05) is 19.1 Å². The molecule has 0 aliphatic carbocycles. The fraction of sp³-hybridized carbons (Fsp3) is 0.600. The number of ether oxygens (including phenoxy) is 1. The molecule has 1 atom stereocenters. The zero-order valence-electron chi connectivity index (χ0n) is 8.95. The third kappa shape index (κ3) is 2.67. The molecule has 0 spiro atoms. The summed E-state index contributed by atoms with van der Waals surface area (Å²) < 4.78 is 5.01. The maximum atomic E-state index is 5.68. The summed E-state index contributed by atoms with van der Waals surface area (Å²) in [5.74, 6) is 1.66. The molecule has 1 rings (SSSR count). The van der Waals surface area contributed by atoms with E-state index in [0.29, 0.717) is 18.3 Å². The third-order valence-electron chi connectivity index (χ3n) is 2.16. The molecule has 0 aliphatic rings. The van der Waals surface area contributed by atoms with Gasteiger partial charge in [0.1, 0.15) is 11.6 Å². The monoisotopic (exact) mass is 195 g/mol. The maximum absolute atomic E-state index is 5.68. The number of hydrogen-bond acceptors (Lipinski definition) is 4. The molecule has 0 amide bonds. The van der Waals surface area contributed by atoms with Gasteiger partial charge >= 0.3 is 0 Å². The first-order valence-electron chi connectivity index (χ1n) is 4.79. The van der Waals surface area contributed by atoms with E-state index < -0.39 is 0 Å². The predicted octanol–water partition coefficient (Wildman–Crippen LogP) is 1.72. The van der Waals surface area contributed by atoms with Crippen LogP contribution in [0.3, 0.4) is 0 Å². The molecule has 0 saturated carbocycles. The minimum absolute atomic E-state index is 0.342. The number of anilines is 1. The number of nitrogens with two attached hydrogens (primary N) is 1. The summed E-state index contributed by atoms with van der Waals surface area (Å²) in [4.78, 5) is 8.58. The van der Waals surface area contributed by atoms with Gasteiger partial charge in [0.15, 0.2) is 0 Å². The van der Waals surface area contributed by atoms with Crippen LogP contribution in [0.1, 0.15) is 37.7 Å². The van der Waals surface area contributed by atoms with Gasteiger partial charge in [-0.1, -0.05) is 13.8 Å². The summed E-state index contributed by atoms with van der Waals surface area (Å²) >= 11 is 0. The Labute approximate surface area is 84.5 Å². The van der Waals surface area contributed by atoms with Crippen LogP contribution in [0, 0.1) is 0 Å².